The molecule has 2 aromatic carbocycles. The number of nitrogens with zero attached hydrogens (tertiary/aromatic N) is 2. The van der Waals surface area contributed by atoms with E-state index in [9.17, 15) is 18.0 Å². The third-order valence-electron chi connectivity index (χ3n) is 7.08. The molecule has 200 valence electrons. The minimum Gasteiger partial charge on any atom is -0.496 e. The predicted octanol–water partition coefficient (Wildman–Crippen LogP) is 7.11. The molecule has 0 radical (unpaired) electrons. The van der Waals surface area contributed by atoms with E-state index in [1.807, 2.05) is 0 Å². The SMILES string of the molecule is COC(=O)c1cc2nc(Nc3ccc(OC(F)(F)F)cc3)n([C@@H]3C[C@H](C)CC[C@H]3C(C)C)c2cc1OC. The maximum absolute atomic E-state index is 12.6. The first-order chi connectivity index (χ1) is 17.5. The van der Waals surface area contributed by atoms with E-state index < -0.39 is 12.3 Å². The van der Waals surface area contributed by atoms with Gasteiger partial charge in [0.2, 0.25) is 5.95 Å². The van der Waals surface area contributed by atoms with Gasteiger partial charge in [-0.25, -0.2) is 9.78 Å². The number of rotatable bonds is 7. The highest BCUT2D eigenvalue weighted by molar-refractivity contribution is 5.97. The van der Waals surface area contributed by atoms with Crippen LogP contribution in [0.3, 0.4) is 0 Å². The average Bonchev–Trinajstić information content (AvgIpc) is 3.19. The molecule has 1 aliphatic rings. The molecule has 3 aromatic rings. The summed E-state index contributed by atoms with van der Waals surface area (Å²) in [6.07, 6.45) is -1.60. The number of halogens is 3. The lowest BCUT2D eigenvalue weighted by molar-refractivity contribution is -0.274. The van der Waals surface area contributed by atoms with Gasteiger partial charge in [-0.1, -0.05) is 27.2 Å². The Morgan fingerprint density at radius 3 is 2.43 bits per heavy atom. The number of alkyl halides is 3. The number of aromatic nitrogens is 2. The number of hydrogen-bond donors (Lipinski definition) is 1. The van der Waals surface area contributed by atoms with E-state index in [1.54, 1.807) is 12.1 Å². The molecule has 4 rings (SSSR count). The van der Waals surface area contributed by atoms with Crippen LogP contribution in [-0.4, -0.2) is 36.1 Å². The molecule has 0 amide bonds. The smallest absolute Gasteiger partial charge is 0.496 e. The van der Waals surface area contributed by atoms with Crippen molar-refractivity contribution in [1.29, 1.82) is 0 Å². The van der Waals surface area contributed by atoms with Crippen molar-refractivity contribution in [1.82, 2.24) is 9.55 Å². The highest BCUT2D eigenvalue weighted by Gasteiger charge is 2.35. The van der Waals surface area contributed by atoms with Gasteiger partial charge < -0.3 is 24.1 Å². The fraction of sp³-hybridized carbons (Fsp3) is 0.481. The Balaban J connectivity index is 1.83. The van der Waals surface area contributed by atoms with Crippen LogP contribution in [0.15, 0.2) is 36.4 Å². The normalized spacial score (nSPS) is 20.2. The quantitative estimate of drug-likeness (QED) is 0.336. The molecular formula is C27H32F3N3O4. The number of anilines is 2. The second-order valence-electron chi connectivity index (χ2n) is 9.93. The lowest BCUT2D eigenvalue weighted by Crippen LogP contribution is -2.30. The number of carbonyl (C=O) groups is 1. The first-order valence-corrected chi connectivity index (χ1v) is 12.3. The van der Waals surface area contributed by atoms with Crippen molar-refractivity contribution in [3.8, 4) is 11.5 Å². The zero-order valence-electron chi connectivity index (χ0n) is 21.6. The van der Waals surface area contributed by atoms with E-state index >= 15 is 0 Å². The van der Waals surface area contributed by atoms with Gasteiger partial charge >= 0.3 is 12.3 Å². The Kier molecular flexibility index (Phi) is 7.57. The largest absolute Gasteiger partial charge is 0.573 e. The summed E-state index contributed by atoms with van der Waals surface area (Å²) in [7, 11) is 2.80. The lowest BCUT2D eigenvalue weighted by Gasteiger charge is -2.39. The van der Waals surface area contributed by atoms with Crippen molar-refractivity contribution in [2.75, 3.05) is 19.5 Å². The summed E-state index contributed by atoms with van der Waals surface area (Å²) in [5, 5.41) is 3.28. The fourth-order valence-electron chi connectivity index (χ4n) is 5.30. The Hall–Kier alpha value is -3.43. The summed E-state index contributed by atoms with van der Waals surface area (Å²) in [4.78, 5) is 17.2. The highest BCUT2D eigenvalue weighted by Crippen LogP contribution is 2.45. The fourth-order valence-corrected chi connectivity index (χ4v) is 5.30. The van der Waals surface area contributed by atoms with Gasteiger partial charge in [0, 0.05) is 17.8 Å². The molecule has 0 unspecified atom stereocenters. The van der Waals surface area contributed by atoms with E-state index in [0.717, 1.165) is 24.8 Å². The number of fused-ring (bicyclic) bond motifs is 1. The minimum atomic E-state index is -4.76. The average molecular weight is 520 g/mol. The molecule has 1 aromatic heterocycles. The van der Waals surface area contributed by atoms with Gasteiger partial charge in [0.05, 0.1) is 25.3 Å². The second kappa shape index (κ2) is 10.5. The highest BCUT2D eigenvalue weighted by atomic mass is 19.4. The third kappa shape index (κ3) is 5.78. The molecule has 10 heteroatoms. The molecule has 1 N–H and O–H groups in total. The Bertz CT molecular complexity index is 1250. The number of imidazole rings is 1. The van der Waals surface area contributed by atoms with E-state index in [4.69, 9.17) is 14.5 Å². The Labute approximate surface area is 213 Å². The van der Waals surface area contributed by atoms with E-state index in [-0.39, 0.29) is 17.4 Å². The van der Waals surface area contributed by atoms with Crippen LogP contribution in [0.1, 0.15) is 56.4 Å². The number of hydrogen-bond acceptors (Lipinski definition) is 6. The molecule has 0 bridgehead atoms. The third-order valence-corrected chi connectivity index (χ3v) is 7.08. The minimum absolute atomic E-state index is 0.123. The van der Waals surface area contributed by atoms with Gasteiger partial charge in [-0.2, -0.15) is 0 Å². The number of esters is 1. The number of carbonyl (C=O) groups excluding carboxylic acids is 1. The summed E-state index contributed by atoms with van der Waals surface area (Å²) in [5.41, 5.74) is 2.20. The molecule has 1 saturated carbocycles. The van der Waals surface area contributed by atoms with Crippen molar-refractivity contribution < 1.29 is 32.2 Å². The van der Waals surface area contributed by atoms with Crippen molar-refractivity contribution in [2.45, 2.75) is 52.4 Å². The molecule has 1 fully saturated rings. The van der Waals surface area contributed by atoms with E-state index in [0.29, 0.717) is 40.7 Å². The number of benzene rings is 2. The van der Waals surface area contributed by atoms with Crippen LogP contribution < -0.4 is 14.8 Å². The Morgan fingerprint density at radius 2 is 1.84 bits per heavy atom. The topological polar surface area (TPSA) is 74.6 Å². The predicted molar refractivity (Wildman–Crippen MR) is 134 cm³/mol. The summed E-state index contributed by atoms with van der Waals surface area (Å²) >= 11 is 0. The van der Waals surface area contributed by atoms with Crippen LogP contribution >= 0.6 is 0 Å². The van der Waals surface area contributed by atoms with Gasteiger partial charge in [0.25, 0.3) is 0 Å². The van der Waals surface area contributed by atoms with Crippen LogP contribution in [0.4, 0.5) is 24.8 Å². The number of methoxy groups -OCH3 is 2. The van der Waals surface area contributed by atoms with E-state index in [1.165, 1.54) is 38.5 Å². The maximum atomic E-state index is 12.6. The molecule has 1 heterocycles. The van der Waals surface area contributed by atoms with Gasteiger partial charge in [0.1, 0.15) is 17.1 Å². The molecule has 0 aliphatic heterocycles. The molecule has 0 saturated heterocycles. The van der Waals surface area contributed by atoms with Crippen LogP contribution in [0.25, 0.3) is 11.0 Å². The van der Waals surface area contributed by atoms with Crippen molar-refractivity contribution in [3.63, 3.8) is 0 Å². The zero-order chi connectivity index (χ0) is 26.9. The monoisotopic (exact) mass is 519 g/mol. The van der Waals surface area contributed by atoms with Gasteiger partial charge in [0.15, 0.2) is 0 Å². The first-order valence-electron chi connectivity index (χ1n) is 12.3. The van der Waals surface area contributed by atoms with Crippen LogP contribution in [0, 0.1) is 17.8 Å². The molecule has 0 spiro atoms. The summed E-state index contributed by atoms with van der Waals surface area (Å²) in [6, 6.07) is 9.10. The van der Waals surface area contributed by atoms with E-state index in [2.05, 4.69) is 35.4 Å². The van der Waals surface area contributed by atoms with Gasteiger partial charge in [-0.05, 0) is 60.9 Å². The zero-order valence-corrected chi connectivity index (χ0v) is 21.6. The van der Waals surface area contributed by atoms with Crippen molar-refractivity contribution >= 4 is 28.6 Å². The van der Waals surface area contributed by atoms with Crippen LogP contribution in [0.2, 0.25) is 0 Å². The Morgan fingerprint density at radius 1 is 1.14 bits per heavy atom. The maximum Gasteiger partial charge on any atom is 0.573 e. The summed E-state index contributed by atoms with van der Waals surface area (Å²) < 4.78 is 54.3. The van der Waals surface area contributed by atoms with Crippen molar-refractivity contribution in [3.05, 3.63) is 42.0 Å². The number of nitrogens with one attached hydrogen (secondary N) is 1. The van der Waals surface area contributed by atoms with Gasteiger partial charge in [-0.15, -0.1) is 13.2 Å². The summed E-state index contributed by atoms with van der Waals surface area (Å²) in [5.74, 6) is 1.41. The molecule has 1 aliphatic carbocycles. The summed E-state index contributed by atoms with van der Waals surface area (Å²) in [6.45, 7) is 6.68. The molecule has 37 heavy (non-hydrogen) atoms. The number of ether oxygens (including phenoxy) is 3. The van der Waals surface area contributed by atoms with Crippen LogP contribution in [0.5, 0.6) is 11.5 Å². The standard InChI is InChI=1S/C27H32F3N3O4/c1-15(2)19-11-6-16(3)12-22(19)33-23-14-24(35-4)20(25(34)36-5)13-21(23)32-26(33)31-17-7-9-18(10-8-17)37-27(28,29)30/h7-10,13-16,19,22H,6,11-12H2,1-5H3,(H,31,32)/t16-,19+,22-/m1/s1. The lowest BCUT2D eigenvalue weighted by atomic mass is 9.74. The molecule has 3 atom stereocenters. The molecular weight excluding hydrogens is 487 g/mol. The first kappa shape index (κ1) is 26.6. The second-order valence-corrected chi connectivity index (χ2v) is 9.93. The molecule has 7 nitrogen and oxygen atoms in total. The van der Waals surface area contributed by atoms with Crippen LogP contribution in [-0.2, 0) is 4.74 Å². The van der Waals surface area contributed by atoms with Crippen molar-refractivity contribution in [2.24, 2.45) is 17.8 Å². The van der Waals surface area contributed by atoms with Gasteiger partial charge in [-0.3, -0.25) is 0 Å².